The zero-order valence-electron chi connectivity index (χ0n) is 14.9. The van der Waals surface area contributed by atoms with Crippen LogP contribution in [0.5, 0.6) is 0 Å². The lowest BCUT2D eigenvalue weighted by Gasteiger charge is -2.15. The monoisotopic (exact) mass is 363 g/mol. The highest BCUT2D eigenvalue weighted by Gasteiger charge is 2.14. The van der Waals surface area contributed by atoms with E-state index in [0.717, 1.165) is 12.8 Å². The maximum atomic E-state index is 12.7. The summed E-state index contributed by atoms with van der Waals surface area (Å²) in [5.41, 5.74) is 0.537. The van der Waals surface area contributed by atoms with Gasteiger partial charge < -0.3 is 10.1 Å². The van der Waals surface area contributed by atoms with Gasteiger partial charge in [0.1, 0.15) is 0 Å². The molecule has 0 atom stereocenters. The van der Waals surface area contributed by atoms with Crippen LogP contribution < -0.4 is 10.9 Å². The molecule has 1 aromatic heterocycles. The fourth-order valence-corrected chi connectivity index (χ4v) is 3.37. The van der Waals surface area contributed by atoms with Gasteiger partial charge in [0.05, 0.1) is 29.8 Å². The van der Waals surface area contributed by atoms with Crippen molar-refractivity contribution < 1.29 is 9.53 Å². The lowest BCUT2D eigenvalue weighted by atomic mass is 10.2. The van der Waals surface area contributed by atoms with Crippen molar-refractivity contribution in [3.8, 4) is 0 Å². The summed E-state index contributed by atoms with van der Waals surface area (Å²) in [5, 5.41) is 4.12. The highest BCUT2D eigenvalue weighted by Crippen LogP contribution is 2.17. The number of para-hydroxylation sites is 1. The summed E-state index contributed by atoms with van der Waals surface area (Å²) in [7, 11) is 1.59. The molecule has 1 N–H and O–H groups in total. The molecule has 136 valence electrons. The summed E-state index contributed by atoms with van der Waals surface area (Å²) in [6.07, 6.45) is 1.80. The van der Waals surface area contributed by atoms with Crippen molar-refractivity contribution in [3.05, 3.63) is 34.6 Å². The number of hydrogen-bond donors (Lipinski definition) is 1. The molecule has 1 amide bonds. The molecule has 0 saturated heterocycles. The molecule has 0 aliphatic heterocycles. The number of methoxy groups -OCH3 is 1. The zero-order valence-corrected chi connectivity index (χ0v) is 15.8. The third-order valence-corrected chi connectivity index (χ3v) is 5.01. The van der Waals surface area contributed by atoms with E-state index >= 15 is 0 Å². The van der Waals surface area contributed by atoms with Crippen LogP contribution in [0.4, 0.5) is 0 Å². The number of nitrogens with one attached hydrogen (secondary N) is 1. The van der Waals surface area contributed by atoms with Crippen LogP contribution in [0, 0.1) is 0 Å². The minimum atomic E-state index is -0.106. The first kappa shape index (κ1) is 19.5. The quantitative estimate of drug-likeness (QED) is 0.547. The van der Waals surface area contributed by atoms with E-state index in [1.54, 1.807) is 17.7 Å². The summed E-state index contributed by atoms with van der Waals surface area (Å²) >= 11 is 1.28. The predicted molar refractivity (Wildman–Crippen MR) is 101 cm³/mol. The Balaban J connectivity index is 2.23. The Bertz CT molecular complexity index is 772. The fourth-order valence-electron chi connectivity index (χ4n) is 2.53. The third kappa shape index (κ3) is 5.06. The molecule has 7 heteroatoms. The molecule has 0 aliphatic carbocycles. The zero-order chi connectivity index (χ0) is 18.2. The molecule has 0 aliphatic rings. The lowest BCUT2D eigenvalue weighted by molar-refractivity contribution is -0.119. The first-order valence-corrected chi connectivity index (χ1v) is 9.49. The van der Waals surface area contributed by atoms with Crippen LogP contribution in [0.25, 0.3) is 10.9 Å². The van der Waals surface area contributed by atoms with Crippen molar-refractivity contribution in [2.24, 2.45) is 0 Å². The van der Waals surface area contributed by atoms with Gasteiger partial charge >= 0.3 is 0 Å². The highest BCUT2D eigenvalue weighted by molar-refractivity contribution is 7.99. The minimum Gasteiger partial charge on any atom is -0.383 e. The van der Waals surface area contributed by atoms with Gasteiger partial charge in [-0.05, 0) is 25.0 Å². The highest BCUT2D eigenvalue weighted by atomic mass is 32.2. The molecule has 2 aromatic rings. The number of hydrogen-bond acceptors (Lipinski definition) is 5. The molecule has 6 nitrogen and oxygen atoms in total. The normalized spacial score (nSPS) is 11.2. The summed E-state index contributed by atoms with van der Waals surface area (Å²) in [6.45, 7) is 4.92. The number of aromatic nitrogens is 2. The average molecular weight is 363 g/mol. The second-order valence-corrected chi connectivity index (χ2v) is 6.67. The lowest BCUT2D eigenvalue weighted by Crippen LogP contribution is -2.35. The van der Waals surface area contributed by atoms with Crippen molar-refractivity contribution in [2.45, 2.75) is 44.4 Å². The first-order chi connectivity index (χ1) is 12.1. The van der Waals surface area contributed by atoms with E-state index in [1.165, 1.54) is 11.8 Å². The molecular formula is C18H25N3O3S. The number of amides is 1. The Morgan fingerprint density at radius 2 is 2.04 bits per heavy atom. The van der Waals surface area contributed by atoms with Crippen LogP contribution in [0.1, 0.15) is 26.7 Å². The van der Waals surface area contributed by atoms with Crippen molar-refractivity contribution in [3.63, 3.8) is 0 Å². The topological polar surface area (TPSA) is 73.2 Å². The van der Waals surface area contributed by atoms with Gasteiger partial charge in [0.25, 0.3) is 5.56 Å². The number of rotatable bonds is 9. The summed E-state index contributed by atoms with van der Waals surface area (Å²) in [5.74, 6) is 0.188. The first-order valence-electron chi connectivity index (χ1n) is 8.51. The summed E-state index contributed by atoms with van der Waals surface area (Å²) < 4.78 is 6.68. The summed E-state index contributed by atoms with van der Waals surface area (Å²) in [6, 6.07) is 7.44. The van der Waals surface area contributed by atoms with Crippen molar-refractivity contribution >= 4 is 28.6 Å². The Morgan fingerprint density at radius 3 is 2.72 bits per heavy atom. The van der Waals surface area contributed by atoms with Gasteiger partial charge in [0.15, 0.2) is 5.16 Å². The number of fused-ring (bicyclic) bond motifs is 1. The van der Waals surface area contributed by atoms with Crippen molar-refractivity contribution in [1.29, 1.82) is 0 Å². The van der Waals surface area contributed by atoms with E-state index in [4.69, 9.17) is 4.74 Å². The van der Waals surface area contributed by atoms with Crippen LogP contribution in [0.2, 0.25) is 0 Å². The standard InChI is InChI=1S/C18H25N3O3S/c1-4-13(5-2)19-16(22)12-25-18-20-15-9-7-6-8-14(15)17(23)21(18)10-11-24-3/h6-9,13H,4-5,10-12H2,1-3H3,(H,19,22). The minimum absolute atomic E-state index is 0.0422. The van der Waals surface area contributed by atoms with Gasteiger partial charge in [0.2, 0.25) is 5.91 Å². The van der Waals surface area contributed by atoms with E-state index < -0.39 is 0 Å². The molecule has 0 saturated carbocycles. The van der Waals surface area contributed by atoms with E-state index in [0.29, 0.717) is 29.2 Å². The van der Waals surface area contributed by atoms with E-state index in [2.05, 4.69) is 24.1 Å². The Hall–Kier alpha value is -1.86. The number of carbonyl (C=O) groups excluding carboxylic acids is 1. The number of ether oxygens (including phenoxy) is 1. The number of benzene rings is 1. The molecule has 0 fully saturated rings. The van der Waals surface area contributed by atoms with E-state index in [9.17, 15) is 9.59 Å². The molecule has 0 unspecified atom stereocenters. The molecule has 25 heavy (non-hydrogen) atoms. The molecule has 1 heterocycles. The second kappa shape index (κ2) is 9.58. The maximum Gasteiger partial charge on any atom is 0.262 e. The van der Waals surface area contributed by atoms with E-state index in [-0.39, 0.29) is 23.3 Å². The SMILES string of the molecule is CCC(CC)NC(=O)CSc1nc2ccccc2c(=O)n1CCOC. The van der Waals surface area contributed by atoms with Crippen LogP contribution in [0.3, 0.4) is 0 Å². The molecule has 0 bridgehead atoms. The number of thioether (sulfide) groups is 1. The van der Waals surface area contributed by atoms with Gasteiger partial charge in [-0.3, -0.25) is 14.2 Å². The average Bonchev–Trinajstić information content (AvgIpc) is 2.64. The second-order valence-electron chi connectivity index (χ2n) is 5.73. The van der Waals surface area contributed by atoms with Crippen molar-refractivity contribution in [2.75, 3.05) is 19.5 Å². The number of carbonyl (C=O) groups is 1. The van der Waals surface area contributed by atoms with E-state index in [1.807, 2.05) is 18.2 Å². The van der Waals surface area contributed by atoms with Crippen molar-refractivity contribution in [1.82, 2.24) is 14.9 Å². The Labute approximate surface area is 152 Å². The van der Waals surface area contributed by atoms with Gasteiger partial charge in [-0.25, -0.2) is 4.98 Å². The molecule has 0 radical (unpaired) electrons. The van der Waals surface area contributed by atoms with Crippen LogP contribution >= 0.6 is 11.8 Å². The molecule has 2 rings (SSSR count). The van der Waals surface area contributed by atoms with Crippen LogP contribution in [0.15, 0.2) is 34.2 Å². The maximum absolute atomic E-state index is 12.7. The fraction of sp³-hybridized carbons (Fsp3) is 0.500. The largest absolute Gasteiger partial charge is 0.383 e. The van der Waals surface area contributed by atoms with Gasteiger partial charge in [-0.15, -0.1) is 0 Å². The smallest absolute Gasteiger partial charge is 0.262 e. The van der Waals surface area contributed by atoms with Gasteiger partial charge in [-0.1, -0.05) is 37.7 Å². The Morgan fingerprint density at radius 1 is 1.32 bits per heavy atom. The van der Waals surface area contributed by atoms with Gasteiger partial charge in [-0.2, -0.15) is 0 Å². The van der Waals surface area contributed by atoms with Crippen LogP contribution in [-0.2, 0) is 16.1 Å². The summed E-state index contributed by atoms with van der Waals surface area (Å²) in [4.78, 5) is 29.4. The molecule has 1 aromatic carbocycles. The third-order valence-electron chi connectivity index (χ3n) is 4.03. The van der Waals surface area contributed by atoms with Crippen LogP contribution in [-0.4, -0.2) is 41.0 Å². The number of nitrogens with zero attached hydrogens (tertiary/aromatic N) is 2. The Kier molecular flexibility index (Phi) is 7.46. The molecular weight excluding hydrogens is 338 g/mol. The molecule has 0 spiro atoms. The predicted octanol–water partition coefficient (Wildman–Crippen LogP) is 2.44. The van der Waals surface area contributed by atoms with Gasteiger partial charge in [0, 0.05) is 13.2 Å².